The van der Waals surface area contributed by atoms with Crippen molar-refractivity contribution in [3.8, 4) is 17.1 Å². The minimum absolute atomic E-state index is 0.0107. The first kappa shape index (κ1) is 24.0. The van der Waals surface area contributed by atoms with Crippen LogP contribution < -0.4 is 26.5 Å². The van der Waals surface area contributed by atoms with E-state index in [1.165, 1.54) is 6.20 Å². The van der Waals surface area contributed by atoms with Crippen LogP contribution in [0.5, 0.6) is 5.75 Å². The largest absolute Gasteiger partial charge is 0.494 e. The number of para-hydroxylation sites is 1. The van der Waals surface area contributed by atoms with Gasteiger partial charge in [-0.1, -0.05) is 6.07 Å². The van der Waals surface area contributed by atoms with Crippen LogP contribution in [0.4, 0.5) is 17.5 Å². The van der Waals surface area contributed by atoms with Crippen LogP contribution in [0, 0.1) is 0 Å². The Hall–Kier alpha value is -4.19. The van der Waals surface area contributed by atoms with E-state index in [0.717, 1.165) is 5.70 Å². The Morgan fingerprint density at radius 3 is 2.77 bits per heavy atom. The number of allylic oxidation sites excluding steroid dienone is 1. The molecule has 3 heterocycles. The lowest BCUT2D eigenvalue weighted by atomic mass is 10.1. The molecule has 2 unspecified atom stereocenters. The number of carbonyl (C=O) groups is 1. The maximum Gasteiger partial charge on any atom is 0.254 e. The molecule has 1 aromatic carbocycles. The van der Waals surface area contributed by atoms with E-state index in [2.05, 4.69) is 61.0 Å². The molecule has 0 saturated heterocycles. The number of aryl methyl sites for hydroxylation is 1. The Balaban J connectivity index is 1.59. The Labute approximate surface area is 203 Å². The SMILES string of the molecule is COc1c(Nc2nc(NC(C)CN3NC(C)C=C3C)ncc2C(N)=O)cccc1-c1ncn(C)n1. The van der Waals surface area contributed by atoms with Gasteiger partial charge in [0.2, 0.25) is 5.95 Å². The van der Waals surface area contributed by atoms with Crippen LogP contribution in [0.15, 0.2) is 42.5 Å². The molecule has 0 aliphatic carbocycles. The molecule has 0 bridgehead atoms. The van der Waals surface area contributed by atoms with Gasteiger partial charge in [0.25, 0.3) is 5.91 Å². The van der Waals surface area contributed by atoms with Gasteiger partial charge >= 0.3 is 0 Å². The lowest BCUT2D eigenvalue weighted by molar-refractivity contribution is 0.100. The standard InChI is InChI=1S/C23H30N10O2/c1-13-9-15(3)33(30-13)11-14(2)27-23-25-10-17(20(24)34)22(29-23)28-18-8-6-7-16(19(18)35-5)21-26-12-32(4)31-21/h6-10,12-14,30H,11H2,1-5H3,(H2,24,34)(H2,25,27,28,29). The number of primary amides is 1. The van der Waals surface area contributed by atoms with E-state index < -0.39 is 5.91 Å². The highest BCUT2D eigenvalue weighted by molar-refractivity contribution is 5.98. The summed E-state index contributed by atoms with van der Waals surface area (Å²) in [4.78, 5) is 25.2. The Bertz CT molecular complexity index is 1250. The molecule has 184 valence electrons. The number of nitrogens with zero attached hydrogens (tertiary/aromatic N) is 6. The minimum atomic E-state index is -0.648. The summed E-state index contributed by atoms with van der Waals surface area (Å²) >= 11 is 0. The first-order chi connectivity index (χ1) is 16.7. The van der Waals surface area contributed by atoms with Crippen LogP contribution in [0.25, 0.3) is 11.4 Å². The molecule has 1 aliphatic heterocycles. The van der Waals surface area contributed by atoms with Crippen LogP contribution in [0.1, 0.15) is 31.1 Å². The summed E-state index contributed by atoms with van der Waals surface area (Å²) in [6, 6.07) is 5.80. The van der Waals surface area contributed by atoms with Crippen molar-refractivity contribution in [1.29, 1.82) is 0 Å². The van der Waals surface area contributed by atoms with E-state index in [1.807, 2.05) is 25.1 Å². The molecule has 2 atom stereocenters. The van der Waals surface area contributed by atoms with Crippen molar-refractivity contribution in [1.82, 2.24) is 35.2 Å². The smallest absolute Gasteiger partial charge is 0.254 e. The van der Waals surface area contributed by atoms with Crippen molar-refractivity contribution in [2.24, 2.45) is 12.8 Å². The molecule has 5 N–H and O–H groups in total. The monoisotopic (exact) mass is 478 g/mol. The van der Waals surface area contributed by atoms with Crippen LogP contribution in [0.2, 0.25) is 0 Å². The fraction of sp³-hybridized carbons (Fsp3) is 0.348. The van der Waals surface area contributed by atoms with Crippen molar-refractivity contribution >= 4 is 23.4 Å². The summed E-state index contributed by atoms with van der Waals surface area (Å²) in [5.74, 6) is 0.990. The number of hydrogen-bond donors (Lipinski definition) is 4. The van der Waals surface area contributed by atoms with E-state index in [4.69, 9.17) is 10.5 Å². The zero-order valence-electron chi connectivity index (χ0n) is 20.4. The fourth-order valence-electron chi connectivity index (χ4n) is 3.92. The Morgan fingerprint density at radius 1 is 1.34 bits per heavy atom. The minimum Gasteiger partial charge on any atom is -0.494 e. The lowest BCUT2D eigenvalue weighted by Crippen LogP contribution is -2.41. The zero-order chi connectivity index (χ0) is 25.1. The van der Waals surface area contributed by atoms with Crippen LogP contribution in [-0.4, -0.2) is 61.4 Å². The number of benzene rings is 1. The first-order valence-corrected chi connectivity index (χ1v) is 11.2. The molecule has 1 amide bonds. The maximum absolute atomic E-state index is 12.1. The molecule has 35 heavy (non-hydrogen) atoms. The van der Waals surface area contributed by atoms with Gasteiger partial charge in [0, 0.05) is 31.0 Å². The number of ether oxygens (including phenoxy) is 1. The van der Waals surface area contributed by atoms with Gasteiger partial charge in [0.05, 0.1) is 24.9 Å². The molecule has 3 aromatic rings. The molecule has 1 aliphatic rings. The summed E-state index contributed by atoms with van der Waals surface area (Å²) in [5, 5.41) is 12.9. The summed E-state index contributed by atoms with van der Waals surface area (Å²) in [7, 11) is 3.35. The predicted octanol–water partition coefficient (Wildman–Crippen LogP) is 2.04. The summed E-state index contributed by atoms with van der Waals surface area (Å²) in [5.41, 5.74) is 11.6. The van der Waals surface area contributed by atoms with Crippen LogP contribution >= 0.6 is 0 Å². The highest BCUT2D eigenvalue weighted by Gasteiger charge is 2.21. The van der Waals surface area contributed by atoms with Crippen molar-refractivity contribution < 1.29 is 9.53 Å². The number of nitrogens with one attached hydrogen (secondary N) is 3. The van der Waals surface area contributed by atoms with Gasteiger partial charge < -0.3 is 26.1 Å². The third-order valence-electron chi connectivity index (χ3n) is 5.48. The van der Waals surface area contributed by atoms with Gasteiger partial charge in [0.1, 0.15) is 17.7 Å². The van der Waals surface area contributed by atoms with Gasteiger partial charge in [-0.25, -0.2) is 15.4 Å². The second-order valence-electron chi connectivity index (χ2n) is 8.46. The molecular weight excluding hydrogens is 448 g/mol. The van der Waals surface area contributed by atoms with E-state index >= 15 is 0 Å². The average Bonchev–Trinajstić information content (AvgIpc) is 3.37. The van der Waals surface area contributed by atoms with Crippen molar-refractivity contribution in [3.05, 3.63) is 48.1 Å². The second kappa shape index (κ2) is 9.97. The van der Waals surface area contributed by atoms with E-state index in [9.17, 15) is 4.79 Å². The highest BCUT2D eigenvalue weighted by atomic mass is 16.5. The van der Waals surface area contributed by atoms with Gasteiger partial charge in [-0.05, 0) is 39.0 Å². The predicted molar refractivity (Wildman–Crippen MR) is 133 cm³/mol. The lowest BCUT2D eigenvalue weighted by Gasteiger charge is -2.26. The quantitative estimate of drug-likeness (QED) is 0.360. The molecule has 0 spiro atoms. The number of anilines is 3. The normalized spacial score (nSPS) is 16.1. The summed E-state index contributed by atoms with van der Waals surface area (Å²) < 4.78 is 7.27. The molecule has 12 nitrogen and oxygen atoms in total. The number of aromatic nitrogens is 5. The number of methoxy groups -OCH3 is 1. The Morgan fingerprint density at radius 2 is 2.14 bits per heavy atom. The van der Waals surface area contributed by atoms with E-state index in [1.54, 1.807) is 25.2 Å². The fourth-order valence-corrected chi connectivity index (χ4v) is 3.92. The number of nitrogens with two attached hydrogens (primary N) is 1. The van der Waals surface area contributed by atoms with Crippen LogP contribution in [-0.2, 0) is 7.05 Å². The van der Waals surface area contributed by atoms with Gasteiger partial charge in [-0.2, -0.15) is 10.1 Å². The second-order valence-corrected chi connectivity index (χ2v) is 8.46. The van der Waals surface area contributed by atoms with Gasteiger partial charge in [-0.3, -0.25) is 9.48 Å². The Kier molecular flexibility index (Phi) is 6.82. The van der Waals surface area contributed by atoms with Crippen molar-refractivity contribution in [3.63, 3.8) is 0 Å². The number of amides is 1. The molecule has 12 heteroatoms. The molecule has 0 radical (unpaired) electrons. The number of hydrazine groups is 1. The third-order valence-corrected chi connectivity index (χ3v) is 5.48. The van der Waals surface area contributed by atoms with Gasteiger partial charge in [0.15, 0.2) is 11.6 Å². The van der Waals surface area contributed by atoms with E-state index in [0.29, 0.717) is 35.3 Å². The van der Waals surface area contributed by atoms with Crippen LogP contribution in [0.3, 0.4) is 0 Å². The zero-order valence-corrected chi connectivity index (χ0v) is 20.4. The summed E-state index contributed by atoms with van der Waals surface area (Å²) in [6.07, 6.45) is 5.18. The topological polar surface area (TPSA) is 148 Å². The molecule has 4 rings (SSSR count). The molecule has 0 saturated carbocycles. The number of rotatable bonds is 9. The van der Waals surface area contributed by atoms with Crippen molar-refractivity contribution in [2.45, 2.75) is 32.9 Å². The number of hydrogen-bond acceptors (Lipinski definition) is 10. The molecule has 0 fully saturated rings. The average molecular weight is 479 g/mol. The molecule has 2 aromatic heterocycles. The number of carbonyl (C=O) groups excluding carboxylic acids is 1. The third kappa shape index (κ3) is 5.32. The summed E-state index contributed by atoms with van der Waals surface area (Å²) in [6.45, 7) is 6.88. The van der Waals surface area contributed by atoms with E-state index in [-0.39, 0.29) is 23.5 Å². The molecular formula is C23H30N10O2. The maximum atomic E-state index is 12.1. The highest BCUT2D eigenvalue weighted by Crippen LogP contribution is 2.36. The first-order valence-electron chi connectivity index (χ1n) is 11.2. The van der Waals surface area contributed by atoms with Gasteiger partial charge in [-0.15, -0.1) is 0 Å². The van der Waals surface area contributed by atoms with Crippen molar-refractivity contribution in [2.75, 3.05) is 24.3 Å².